The summed E-state index contributed by atoms with van der Waals surface area (Å²) in [5, 5.41) is 12.4. The van der Waals surface area contributed by atoms with Gasteiger partial charge in [0.1, 0.15) is 5.60 Å². The third-order valence-electron chi connectivity index (χ3n) is 6.15. The van der Waals surface area contributed by atoms with Gasteiger partial charge in [-0.25, -0.2) is 0 Å². The van der Waals surface area contributed by atoms with E-state index in [0.29, 0.717) is 5.92 Å². The second-order valence-electron chi connectivity index (χ2n) is 8.12. The van der Waals surface area contributed by atoms with Gasteiger partial charge < -0.3 is 10.0 Å². The summed E-state index contributed by atoms with van der Waals surface area (Å²) in [5.41, 5.74) is 2.64. The van der Waals surface area contributed by atoms with Crippen molar-refractivity contribution in [3.05, 3.63) is 65.2 Å². The number of aliphatic hydroxyl groups is 1. The SMILES string of the molecule is CN(C)C[C@@H]1CCCC[C@H]1[C@@]1(O)c2ccccc2CSc2ccccc21. The number of thioether (sulfide) groups is 1. The van der Waals surface area contributed by atoms with Gasteiger partial charge >= 0.3 is 0 Å². The lowest BCUT2D eigenvalue weighted by Gasteiger charge is -2.45. The van der Waals surface area contributed by atoms with E-state index in [-0.39, 0.29) is 5.92 Å². The van der Waals surface area contributed by atoms with Crippen LogP contribution in [0.25, 0.3) is 0 Å². The molecule has 2 nitrogen and oxygen atoms in total. The minimum atomic E-state index is -0.891. The van der Waals surface area contributed by atoms with Crippen molar-refractivity contribution in [1.29, 1.82) is 0 Å². The number of hydrogen-bond donors (Lipinski definition) is 1. The first-order valence-corrected chi connectivity index (χ1v) is 10.8. The maximum atomic E-state index is 12.4. The lowest BCUT2D eigenvalue weighted by molar-refractivity contribution is -0.0364. The lowest BCUT2D eigenvalue weighted by Crippen LogP contribution is -2.45. The number of nitrogens with zero attached hydrogens (tertiary/aromatic N) is 1. The summed E-state index contributed by atoms with van der Waals surface area (Å²) in [6.45, 7) is 1.05. The first-order chi connectivity index (χ1) is 12.6. The predicted octanol–water partition coefficient (Wildman–Crippen LogP) is 4.90. The van der Waals surface area contributed by atoms with Gasteiger partial charge in [0.15, 0.2) is 0 Å². The molecule has 1 heterocycles. The number of hydrogen-bond acceptors (Lipinski definition) is 3. The summed E-state index contributed by atoms with van der Waals surface area (Å²) >= 11 is 1.86. The van der Waals surface area contributed by atoms with Crippen LogP contribution in [0.4, 0.5) is 0 Å². The summed E-state index contributed by atoms with van der Waals surface area (Å²) in [6.07, 6.45) is 4.81. The Hall–Kier alpha value is -1.29. The number of benzene rings is 2. The highest BCUT2D eigenvalue weighted by Crippen LogP contribution is 2.52. The summed E-state index contributed by atoms with van der Waals surface area (Å²) in [5.74, 6) is 1.72. The van der Waals surface area contributed by atoms with Gasteiger partial charge in [-0.1, -0.05) is 55.3 Å². The molecule has 138 valence electrons. The van der Waals surface area contributed by atoms with E-state index in [1.165, 1.54) is 29.7 Å². The largest absolute Gasteiger partial charge is 0.380 e. The lowest BCUT2D eigenvalue weighted by atomic mass is 9.64. The molecule has 0 saturated heterocycles. The smallest absolute Gasteiger partial charge is 0.119 e. The Morgan fingerprint density at radius 2 is 1.69 bits per heavy atom. The van der Waals surface area contributed by atoms with Crippen molar-refractivity contribution in [2.75, 3.05) is 20.6 Å². The van der Waals surface area contributed by atoms with Gasteiger partial charge in [-0.3, -0.25) is 0 Å². The van der Waals surface area contributed by atoms with E-state index in [4.69, 9.17) is 0 Å². The van der Waals surface area contributed by atoms with Crippen LogP contribution in [-0.4, -0.2) is 30.6 Å². The van der Waals surface area contributed by atoms with Crippen LogP contribution in [-0.2, 0) is 11.4 Å². The molecule has 3 heteroatoms. The van der Waals surface area contributed by atoms with E-state index >= 15 is 0 Å². The van der Waals surface area contributed by atoms with Crippen LogP contribution < -0.4 is 0 Å². The van der Waals surface area contributed by atoms with Gasteiger partial charge in [-0.05, 0) is 50.0 Å². The summed E-state index contributed by atoms with van der Waals surface area (Å²) in [7, 11) is 4.31. The average Bonchev–Trinajstić information content (AvgIpc) is 2.78. The van der Waals surface area contributed by atoms with Gasteiger partial charge in [-0.15, -0.1) is 11.8 Å². The average molecular weight is 368 g/mol. The van der Waals surface area contributed by atoms with Crippen LogP contribution >= 0.6 is 11.8 Å². The van der Waals surface area contributed by atoms with Crippen molar-refractivity contribution in [1.82, 2.24) is 4.90 Å². The Morgan fingerprint density at radius 3 is 2.50 bits per heavy atom. The molecule has 1 aliphatic heterocycles. The van der Waals surface area contributed by atoms with E-state index in [0.717, 1.165) is 29.8 Å². The topological polar surface area (TPSA) is 23.5 Å². The second-order valence-corrected chi connectivity index (χ2v) is 9.14. The van der Waals surface area contributed by atoms with Crippen LogP contribution in [0.3, 0.4) is 0 Å². The molecule has 0 radical (unpaired) electrons. The monoisotopic (exact) mass is 367 g/mol. The van der Waals surface area contributed by atoms with Crippen LogP contribution in [0.15, 0.2) is 53.4 Å². The molecular weight excluding hydrogens is 338 g/mol. The van der Waals surface area contributed by atoms with Gasteiger partial charge in [0, 0.05) is 28.7 Å². The molecule has 0 spiro atoms. The van der Waals surface area contributed by atoms with Gasteiger partial charge in [-0.2, -0.15) is 0 Å². The fourth-order valence-corrected chi connectivity index (χ4v) is 6.19. The quantitative estimate of drug-likeness (QED) is 0.835. The van der Waals surface area contributed by atoms with Crippen LogP contribution in [0.5, 0.6) is 0 Å². The van der Waals surface area contributed by atoms with Crippen LogP contribution in [0.1, 0.15) is 42.4 Å². The first kappa shape index (κ1) is 18.1. The number of fused-ring (bicyclic) bond motifs is 2. The van der Waals surface area contributed by atoms with Crippen molar-refractivity contribution in [2.24, 2.45) is 11.8 Å². The highest BCUT2D eigenvalue weighted by Gasteiger charge is 2.47. The third-order valence-corrected chi connectivity index (χ3v) is 7.28. The maximum Gasteiger partial charge on any atom is 0.119 e. The molecule has 1 saturated carbocycles. The molecule has 2 aromatic rings. The molecule has 0 unspecified atom stereocenters. The standard InChI is InChI=1S/C23H29NOS/c1-24(2)15-17-9-3-5-11-19(17)23(25)20-12-6-4-10-18(20)16-26-22-14-8-7-13-21(22)23/h4,6-8,10,12-14,17,19,25H,3,5,9,11,15-16H2,1-2H3/t17-,19+,23+/m0/s1. The maximum absolute atomic E-state index is 12.4. The van der Waals surface area contributed by atoms with E-state index < -0.39 is 5.60 Å². The zero-order valence-corrected chi connectivity index (χ0v) is 16.6. The van der Waals surface area contributed by atoms with Crippen molar-refractivity contribution in [3.8, 4) is 0 Å². The Morgan fingerprint density at radius 1 is 1.00 bits per heavy atom. The Bertz CT molecular complexity index is 725. The molecule has 0 bridgehead atoms. The normalized spacial score (nSPS) is 28.3. The Labute approximate surface area is 161 Å². The molecule has 0 aromatic heterocycles. The minimum Gasteiger partial charge on any atom is -0.380 e. The van der Waals surface area contributed by atoms with Crippen molar-refractivity contribution < 1.29 is 5.11 Å². The van der Waals surface area contributed by atoms with Gasteiger partial charge in [0.05, 0.1) is 0 Å². The highest BCUT2D eigenvalue weighted by atomic mass is 32.2. The minimum absolute atomic E-state index is 0.264. The van der Waals surface area contributed by atoms with Crippen molar-refractivity contribution in [3.63, 3.8) is 0 Å². The molecule has 1 aliphatic carbocycles. The molecule has 3 atom stereocenters. The molecule has 2 aliphatic rings. The highest BCUT2D eigenvalue weighted by molar-refractivity contribution is 7.98. The zero-order valence-electron chi connectivity index (χ0n) is 15.8. The summed E-state index contributed by atoms with van der Waals surface area (Å²) in [6, 6.07) is 17.1. The Balaban J connectivity index is 1.89. The zero-order chi connectivity index (χ0) is 18.1. The second kappa shape index (κ2) is 7.38. The van der Waals surface area contributed by atoms with E-state index in [1.54, 1.807) is 0 Å². The third kappa shape index (κ3) is 3.11. The van der Waals surface area contributed by atoms with E-state index in [9.17, 15) is 5.11 Å². The van der Waals surface area contributed by atoms with Crippen molar-refractivity contribution in [2.45, 2.75) is 41.9 Å². The van der Waals surface area contributed by atoms with Crippen LogP contribution in [0.2, 0.25) is 0 Å². The molecule has 4 rings (SSSR count). The van der Waals surface area contributed by atoms with E-state index in [2.05, 4.69) is 67.5 Å². The first-order valence-electron chi connectivity index (χ1n) is 9.78. The molecule has 1 N–H and O–H groups in total. The van der Waals surface area contributed by atoms with E-state index in [1.807, 2.05) is 11.8 Å². The molecule has 26 heavy (non-hydrogen) atoms. The Kier molecular flexibility index (Phi) is 5.13. The molecular formula is C23H29NOS. The summed E-state index contributed by atoms with van der Waals surface area (Å²) in [4.78, 5) is 3.52. The fraction of sp³-hybridized carbons (Fsp3) is 0.478. The fourth-order valence-electron chi connectivity index (χ4n) is 5.07. The van der Waals surface area contributed by atoms with Gasteiger partial charge in [0.2, 0.25) is 0 Å². The molecule has 0 amide bonds. The van der Waals surface area contributed by atoms with Crippen molar-refractivity contribution >= 4 is 11.8 Å². The number of rotatable bonds is 3. The summed E-state index contributed by atoms with van der Waals surface area (Å²) < 4.78 is 0. The predicted molar refractivity (Wildman–Crippen MR) is 109 cm³/mol. The van der Waals surface area contributed by atoms with Gasteiger partial charge in [0.25, 0.3) is 0 Å². The van der Waals surface area contributed by atoms with Crippen LogP contribution in [0, 0.1) is 11.8 Å². The molecule has 1 fully saturated rings. The molecule has 2 aromatic carbocycles.